The van der Waals surface area contributed by atoms with Crippen LogP contribution in [0.25, 0.3) is 0 Å². The van der Waals surface area contributed by atoms with Gasteiger partial charge in [0.25, 0.3) is 0 Å². The Hall–Kier alpha value is -3.19. The van der Waals surface area contributed by atoms with E-state index in [9.17, 15) is 19.5 Å². The van der Waals surface area contributed by atoms with Crippen LogP contribution in [0.5, 0.6) is 5.75 Å². The number of carbonyl (C=O) groups is 3. The van der Waals surface area contributed by atoms with Crippen molar-refractivity contribution < 1.29 is 19.5 Å². The molecule has 3 N–H and O–H groups in total. The number of hydrogen-bond donors (Lipinski definition) is 3. The first-order valence-electron chi connectivity index (χ1n) is 10.9. The first kappa shape index (κ1) is 20.7. The van der Waals surface area contributed by atoms with Gasteiger partial charge in [-0.15, -0.1) is 0 Å². The van der Waals surface area contributed by atoms with Crippen molar-refractivity contribution in [2.45, 2.75) is 51.2 Å². The molecule has 1 spiro atoms. The van der Waals surface area contributed by atoms with E-state index in [1.54, 1.807) is 24.3 Å². The fourth-order valence-corrected chi connectivity index (χ4v) is 5.70. The molecular weight excluding hydrogens is 406 g/mol. The Labute approximate surface area is 186 Å². The predicted octanol–water partition coefficient (Wildman–Crippen LogP) is 2.46. The van der Waals surface area contributed by atoms with Gasteiger partial charge in [-0.2, -0.15) is 0 Å². The Morgan fingerprint density at radius 2 is 1.72 bits per heavy atom. The largest absolute Gasteiger partial charge is 0.508 e. The van der Waals surface area contributed by atoms with E-state index in [4.69, 9.17) is 0 Å². The number of imide groups is 1. The monoisotopic (exact) mass is 433 g/mol. The second kappa shape index (κ2) is 6.65. The molecule has 2 aromatic carbocycles. The van der Waals surface area contributed by atoms with Gasteiger partial charge in [-0.05, 0) is 57.4 Å². The average Bonchev–Trinajstić information content (AvgIpc) is 3.29. The van der Waals surface area contributed by atoms with E-state index in [0.29, 0.717) is 12.1 Å². The van der Waals surface area contributed by atoms with E-state index in [1.165, 1.54) is 4.90 Å². The van der Waals surface area contributed by atoms with E-state index in [0.717, 1.165) is 16.7 Å². The highest BCUT2D eigenvalue weighted by molar-refractivity contribution is 6.15. The van der Waals surface area contributed by atoms with Crippen LogP contribution in [0, 0.1) is 18.8 Å². The average molecular weight is 434 g/mol. The van der Waals surface area contributed by atoms with Crippen LogP contribution in [-0.2, 0) is 26.3 Å². The van der Waals surface area contributed by atoms with Gasteiger partial charge in [0.1, 0.15) is 11.3 Å². The summed E-state index contributed by atoms with van der Waals surface area (Å²) in [5.74, 6) is -2.16. The van der Waals surface area contributed by atoms with Gasteiger partial charge in [0.2, 0.25) is 17.7 Å². The lowest BCUT2D eigenvalue weighted by Crippen LogP contribution is -2.56. The van der Waals surface area contributed by atoms with Crippen molar-refractivity contribution >= 4 is 23.4 Å². The number of phenolic OH excluding ortho intramolecular Hbond substituents is 1. The zero-order valence-corrected chi connectivity index (χ0v) is 18.6. The van der Waals surface area contributed by atoms with Gasteiger partial charge in [0.15, 0.2) is 0 Å². The first-order chi connectivity index (χ1) is 15.1. The minimum absolute atomic E-state index is 0.160. The highest BCUT2D eigenvalue weighted by Crippen LogP contribution is 2.54. The summed E-state index contributed by atoms with van der Waals surface area (Å²) < 4.78 is 0. The van der Waals surface area contributed by atoms with E-state index < -0.39 is 29.0 Å². The number of rotatable bonds is 2. The molecule has 0 unspecified atom stereocenters. The predicted molar refractivity (Wildman–Crippen MR) is 119 cm³/mol. The summed E-state index contributed by atoms with van der Waals surface area (Å²) in [6, 6.07) is 12.0. The topological polar surface area (TPSA) is 98.7 Å². The second-order valence-corrected chi connectivity index (χ2v) is 10.1. The number of carbonyl (C=O) groups excluding carboxylic acids is 3. The quantitative estimate of drug-likeness (QED) is 0.632. The fourth-order valence-electron chi connectivity index (χ4n) is 5.70. The molecule has 166 valence electrons. The number of anilines is 1. The number of fused-ring (bicyclic) bond motifs is 4. The number of aryl methyl sites for hydroxylation is 1. The van der Waals surface area contributed by atoms with Crippen molar-refractivity contribution in [2.75, 3.05) is 5.32 Å². The summed E-state index contributed by atoms with van der Waals surface area (Å²) in [4.78, 5) is 42.2. The highest BCUT2D eigenvalue weighted by atomic mass is 16.3. The minimum atomic E-state index is -1.29. The zero-order valence-electron chi connectivity index (χ0n) is 18.6. The van der Waals surface area contributed by atoms with E-state index >= 15 is 0 Å². The molecule has 3 aliphatic heterocycles. The van der Waals surface area contributed by atoms with Crippen LogP contribution >= 0.6 is 0 Å². The Morgan fingerprint density at radius 1 is 1.03 bits per heavy atom. The molecule has 3 amide bonds. The van der Waals surface area contributed by atoms with Gasteiger partial charge in [0.05, 0.1) is 11.8 Å². The maximum atomic E-state index is 13.7. The third-order valence-electron chi connectivity index (χ3n) is 7.02. The number of likely N-dealkylation sites (tertiary alicyclic amines) is 1. The van der Waals surface area contributed by atoms with Gasteiger partial charge in [-0.1, -0.05) is 30.3 Å². The summed E-state index contributed by atoms with van der Waals surface area (Å²) in [6.45, 7) is 7.44. The molecule has 2 aromatic rings. The van der Waals surface area contributed by atoms with Crippen LogP contribution in [0.2, 0.25) is 0 Å². The van der Waals surface area contributed by atoms with Gasteiger partial charge in [0, 0.05) is 22.8 Å². The Morgan fingerprint density at radius 3 is 2.38 bits per heavy atom. The molecule has 3 heterocycles. The van der Waals surface area contributed by atoms with Crippen molar-refractivity contribution in [3.05, 3.63) is 59.2 Å². The molecule has 32 heavy (non-hydrogen) atoms. The van der Waals surface area contributed by atoms with Crippen LogP contribution in [0.1, 0.15) is 37.5 Å². The Balaban J connectivity index is 1.66. The zero-order chi connectivity index (χ0) is 23.0. The number of nitrogens with one attached hydrogen (secondary N) is 2. The first-order valence-corrected chi connectivity index (χ1v) is 10.9. The normalized spacial score (nSPS) is 28.9. The third kappa shape index (κ3) is 2.67. The lowest BCUT2D eigenvalue weighted by atomic mass is 9.76. The summed E-state index contributed by atoms with van der Waals surface area (Å²) in [5.41, 5.74) is 1.28. The number of aromatic hydroxyl groups is 1. The van der Waals surface area contributed by atoms with Crippen molar-refractivity contribution in [1.29, 1.82) is 0 Å². The Kier molecular flexibility index (Phi) is 4.30. The number of hydrogen-bond acceptors (Lipinski definition) is 5. The lowest BCUT2D eigenvalue weighted by molar-refractivity contribution is -0.147. The maximum Gasteiger partial charge on any atom is 0.250 e. The number of phenols is 1. The Bertz CT molecular complexity index is 1150. The van der Waals surface area contributed by atoms with E-state index in [1.807, 2.05) is 45.9 Å². The number of benzene rings is 2. The molecule has 7 nitrogen and oxygen atoms in total. The van der Waals surface area contributed by atoms with Crippen LogP contribution in [0.4, 0.5) is 5.69 Å². The second-order valence-electron chi connectivity index (χ2n) is 10.1. The van der Waals surface area contributed by atoms with Gasteiger partial charge in [-0.25, -0.2) is 0 Å². The molecule has 2 saturated heterocycles. The maximum absolute atomic E-state index is 13.7. The van der Waals surface area contributed by atoms with Crippen molar-refractivity contribution in [2.24, 2.45) is 11.8 Å². The van der Waals surface area contributed by atoms with E-state index in [-0.39, 0.29) is 23.5 Å². The number of amides is 3. The SMILES string of the molecule is Cc1cccc2c1NC(=O)[C@]21N[C@H](Cc2ccc(O)cc2)[C@H]2C(=O)N(C(C)(C)C)C(=O)[C@H]21. The van der Waals surface area contributed by atoms with Gasteiger partial charge in [-0.3, -0.25) is 24.6 Å². The molecule has 0 aromatic heterocycles. The van der Waals surface area contributed by atoms with Crippen LogP contribution in [0.15, 0.2) is 42.5 Å². The summed E-state index contributed by atoms with van der Waals surface area (Å²) in [6.07, 6.45) is 0.453. The molecule has 0 aliphatic carbocycles. The van der Waals surface area contributed by atoms with Crippen molar-refractivity contribution in [3.63, 3.8) is 0 Å². The third-order valence-corrected chi connectivity index (χ3v) is 7.02. The minimum Gasteiger partial charge on any atom is -0.508 e. The van der Waals surface area contributed by atoms with Crippen molar-refractivity contribution in [3.8, 4) is 5.75 Å². The lowest BCUT2D eigenvalue weighted by Gasteiger charge is -2.34. The number of para-hydroxylation sites is 1. The molecule has 2 fully saturated rings. The molecule has 5 rings (SSSR count). The molecular formula is C25H27N3O4. The van der Waals surface area contributed by atoms with E-state index in [2.05, 4.69) is 10.6 Å². The summed E-state index contributed by atoms with van der Waals surface area (Å²) in [7, 11) is 0. The van der Waals surface area contributed by atoms with Crippen LogP contribution < -0.4 is 10.6 Å². The molecule has 0 saturated carbocycles. The molecule has 3 aliphatic rings. The number of nitrogens with zero attached hydrogens (tertiary/aromatic N) is 1. The van der Waals surface area contributed by atoms with Crippen molar-refractivity contribution in [1.82, 2.24) is 10.2 Å². The molecule has 7 heteroatoms. The molecule has 4 atom stereocenters. The fraction of sp³-hybridized carbons (Fsp3) is 0.400. The molecule has 0 bridgehead atoms. The summed E-state index contributed by atoms with van der Waals surface area (Å²) in [5, 5.41) is 16.1. The van der Waals surface area contributed by atoms with Crippen LogP contribution in [0.3, 0.4) is 0 Å². The van der Waals surface area contributed by atoms with Gasteiger partial charge >= 0.3 is 0 Å². The summed E-state index contributed by atoms with van der Waals surface area (Å²) >= 11 is 0. The highest BCUT2D eigenvalue weighted by Gasteiger charge is 2.71. The van der Waals surface area contributed by atoms with Gasteiger partial charge < -0.3 is 10.4 Å². The molecule has 0 radical (unpaired) electrons. The smallest absolute Gasteiger partial charge is 0.250 e. The van der Waals surface area contributed by atoms with Crippen LogP contribution in [-0.4, -0.2) is 39.3 Å². The standard InChI is InChI=1S/C25H27N3O4/c1-13-6-5-7-16-20(13)26-23(32)25(16)19-18(21(30)28(22(19)31)24(2,3)4)17(27-25)12-14-8-10-15(29)11-9-14/h5-11,17-19,27,29H,12H2,1-4H3,(H,26,32)/t17-,18-,19+,25+/m1/s1.